The van der Waals surface area contributed by atoms with Gasteiger partial charge in [-0.2, -0.15) is 8.78 Å². The van der Waals surface area contributed by atoms with E-state index >= 15 is 0 Å². The molecule has 0 aliphatic carbocycles. The van der Waals surface area contributed by atoms with Gasteiger partial charge in [0.2, 0.25) is 0 Å². The zero-order valence-corrected chi connectivity index (χ0v) is 9.89. The minimum Gasteiger partial charge on any atom is -0.455 e. The molecule has 0 aliphatic heterocycles. The first-order chi connectivity index (χ1) is 8.11. The Morgan fingerprint density at radius 1 is 1.56 bits per heavy atom. The average molecular weight is 263 g/mol. The van der Waals surface area contributed by atoms with E-state index in [4.69, 9.17) is 4.74 Å². The van der Waals surface area contributed by atoms with E-state index in [9.17, 15) is 23.7 Å². The molecular weight excluding hydrogens is 252 g/mol. The monoisotopic (exact) mass is 263 g/mol. The van der Waals surface area contributed by atoms with Crippen LogP contribution in [-0.4, -0.2) is 26.3 Å². The van der Waals surface area contributed by atoms with Gasteiger partial charge in [0.05, 0.1) is 11.2 Å². The highest BCUT2D eigenvalue weighted by Crippen LogP contribution is 2.21. The number of aromatic nitrogens is 2. The summed E-state index contributed by atoms with van der Waals surface area (Å²) in [6.07, 6.45) is 0. The number of ether oxygens (including phenoxy) is 1. The van der Waals surface area contributed by atoms with E-state index in [1.165, 1.54) is 0 Å². The van der Waals surface area contributed by atoms with Crippen molar-refractivity contribution in [3.63, 3.8) is 0 Å². The van der Waals surface area contributed by atoms with Crippen LogP contribution in [0.1, 0.15) is 37.8 Å². The predicted octanol–water partition coefficient (Wildman–Crippen LogP) is 2.14. The minimum absolute atomic E-state index is 0.0355. The first-order valence-corrected chi connectivity index (χ1v) is 4.87. The highest BCUT2D eigenvalue weighted by Gasteiger charge is 2.31. The van der Waals surface area contributed by atoms with Gasteiger partial charge in [0, 0.05) is 0 Å². The Labute approximate surface area is 100 Å². The molecule has 0 aliphatic rings. The molecule has 0 spiro atoms. The number of carbonyl (C=O) groups excluding carboxylic acids is 1. The van der Waals surface area contributed by atoms with Gasteiger partial charge in [-0.15, -0.1) is 4.68 Å². The molecule has 0 N–H and O–H groups in total. The normalized spacial score (nSPS) is 11.7. The summed E-state index contributed by atoms with van der Waals surface area (Å²) in [6.45, 7) is 1.47. The van der Waals surface area contributed by atoms with Gasteiger partial charge in [0.15, 0.2) is 5.69 Å². The van der Waals surface area contributed by atoms with Crippen LogP contribution in [0.4, 0.5) is 14.6 Å². The lowest BCUT2D eigenvalue weighted by Crippen LogP contribution is -2.25. The van der Waals surface area contributed by atoms with Crippen LogP contribution in [0.15, 0.2) is 6.07 Å². The molecule has 0 bridgehead atoms. The van der Waals surface area contributed by atoms with Gasteiger partial charge in [0.25, 0.3) is 0 Å². The van der Waals surface area contributed by atoms with Crippen LogP contribution in [0.5, 0.6) is 0 Å². The van der Waals surface area contributed by atoms with Crippen LogP contribution < -0.4 is 0 Å². The van der Waals surface area contributed by atoms with Crippen molar-refractivity contribution in [3.8, 4) is 0 Å². The summed E-state index contributed by atoms with van der Waals surface area (Å²) < 4.78 is 30.0. The molecule has 0 unspecified atom stereocenters. The van der Waals surface area contributed by atoms with E-state index in [-0.39, 0.29) is 4.68 Å². The average Bonchev–Trinajstić information content (AvgIpc) is 2.58. The second-order valence-corrected chi connectivity index (χ2v) is 4.37. The maximum atomic E-state index is 12.6. The van der Waals surface area contributed by atoms with E-state index in [0.29, 0.717) is 6.07 Å². The lowest BCUT2D eigenvalue weighted by atomic mass is 10.2. The number of hydrogen-bond donors (Lipinski definition) is 0. The van der Waals surface area contributed by atoms with Crippen LogP contribution in [-0.2, 0) is 4.74 Å². The molecule has 0 fully saturated rings. The van der Waals surface area contributed by atoms with Crippen molar-refractivity contribution in [1.82, 2.24) is 9.78 Å². The predicted molar refractivity (Wildman–Crippen MR) is 55.3 cm³/mol. The number of nitro groups is 1. The van der Waals surface area contributed by atoms with E-state index in [0.717, 1.165) is 0 Å². The Hall–Kier alpha value is -2.06. The Morgan fingerprint density at radius 3 is 2.50 bits per heavy atom. The fraction of sp³-hybridized carbons (Fsp3) is 0.556. The highest BCUT2D eigenvalue weighted by molar-refractivity contribution is 5.88. The summed E-state index contributed by atoms with van der Waals surface area (Å²) in [7, 11) is 0. The molecular formula is C9H11F2N3O4. The number of hydrogen-bond acceptors (Lipinski definition) is 5. The SMILES string of the molecule is CC(C)(C)OC(=O)c1cc([N+](=O)[O-])nn1C(F)F. The lowest BCUT2D eigenvalue weighted by molar-refractivity contribution is -0.390. The number of rotatable bonds is 3. The molecule has 0 aromatic carbocycles. The number of esters is 1. The maximum absolute atomic E-state index is 12.6. The molecule has 0 saturated carbocycles. The Balaban J connectivity index is 3.14. The molecule has 9 heteroatoms. The number of alkyl halides is 2. The number of nitrogens with zero attached hydrogens (tertiary/aromatic N) is 3. The van der Waals surface area contributed by atoms with Crippen molar-refractivity contribution in [3.05, 3.63) is 21.9 Å². The summed E-state index contributed by atoms with van der Waals surface area (Å²) in [6, 6.07) is 0.653. The van der Waals surface area contributed by atoms with Gasteiger partial charge in [0.1, 0.15) is 5.60 Å². The van der Waals surface area contributed by atoms with E-state index in [1.54, 1.807) is 20.8 Å². The van der Waals surface area contributed by atoms with Crippen LogP contribution in [0.25, 0.3) is 0 Å². The standard InChI is InChI=1S/C9H11F2N3O4/c1-9(2,3)18-7(15)5-4-6(14(16)17)12-13(5)8(10)11/h4,8H,1-3H3. The third-order valence-electron chi connectivity index (χ3n) is 1.70. The highest BCUT2D eigenvalue weighted by atomic mass is 19.3. The van der Waals surface area contributed by atoms with Crippen molar-refractivity contribution >= 4 is 11.8 Å². The van der Waals surface area contributed by atoms with Gasteiger partial charge >= 0.3 is 18.3 Å². The van der Waals surface area contributed by atoms with Crippen LogP contribution in [0.3, 0.4) is 0 Å². The molecule has 0 saturated heterocycles. The van der Waals surface area contributed by atoms with Crippen molar-refractivity contribution in [2.24, 2.45) is 0 Å². The van der Waals surface area contributed by atoms with Gasteiger partial charge < -0.3 is 14.9 Å². The molecule has 18 heavy (non-hydrogen) atoms. The Bertz CT molecular complexity index is 479. The first-order valence-electron chi connectivity index (χ1n) is 4.87. The van der Waals surface area contributed by atoms with E-state index < -0.39 is 34.6 Å². The lowest BCUT2D eigenvalue weighted by Gasteiger charge is -2.18. The summed E-state index contributed by atoms with van der Waals surface area (Å²) in [5.74, 6) is -1.93. The molecule has 0 atom stereocenters. The van der Waals surface area contributed by atoms with Gasteiger partial charge in [-0.25, -0.2) is 4.79 Å². The van der Waals surface area contributed by atoms with Gasteiger partial charge in [-0.1, -0.05) is 0 Å². The van der Waals surface area contributed by atoms with Crippen molar-refractivity contribution in [2.75, 3.05) is 0 Å². The van der Waals surface area contributed by atoms with Crippen LogP contribution in [0.2, 0.25) is 0 Å². The van der Waals surface area contributed by atoms with Crippen LogP contribution >= 0.6 is 0 Å². The molecule has 1 heterocycles. The van der Waals surface area contributed by atoms with Gasteiger partial charge in [-0.05, 0) is 25.7 Å². The van der Waals surface area contributed by atoms with Crippen molar-refractivity contribution in [1.29, 1.82) is 0 Å². The molecule has 1 aromatic rings. The van der Waals surface area contributed by atoms with E-state index in [2.05, 4.69) is 5.10 Å². The molecule has 1 aromatic heterocycles. The number of halogens is 2. The fourth-order valence-electron chi connectivity index (χ4n) is 1.10. The molecule has 0 radical (unpaired) electrons. The first kappa shape index (κ1) is 14.0. The topological polar surface area (TPSA) is 87.3 Å². The van der Waals surface area contributed by atoms with Crippen LogP contribution in [0, 0.1) is 10.1 Å². The fourth-order valence-corrected chi connectivity index (χ4v) is 1.10. The molecule has 0 amide bonds. The third-order valence-corrected chi connectivity index (χ3v) is 1.70. The number of carbonyl (C=O) groups is 1. The van der Waals surface area contributed by atoms with Crippen molar-refractivity contribution in [2.45, 2.75) is 32.9 Å². The zero-order valence-electron chi connectivity index (χ0n) is 9.89. The summed E-state index contributed by atoms with van der Waals surface area (Å²) in [4.78, 5) is 21.0. The summed E-state index contributed by atoms with van der Waals surface area (Å²) in [5.41, 5.74) is -1.56. The summed E-state index contributed by atoms with van der Waals surface area (Å²) >= 11 is 0. The Morgan fingerprint density at radius 2 is 2.11 bits per heavy atom. The van der Waals surface area contributed by atoms with Gasteiger partial charge in [-0.3, -0.25) is 0 Å². The second-order valence-electron chi connectivity index (χ2n) is 4.37. The largest absolute Gasteiger partial charge is 0.455 e. The minimum atomic E-state index is -3.17. The zero-order chi connectivity index (χ0) is 14.1. The molecule has 1 rings (SSSR count). The smallest absolute Gasteiger partial charge is 0.391 e. The van der Waals surface area contributed by atoms with Crippen molar-refractivity contribution < 1.29 is 23.2 Å². The quantitative estimate of drug-likeness (QED) is 0.473. The third kappa shape index (κ3) is 3.22. The van der Waals surface area contributed by atoms with E-state index in [1.807, 2.05) is 0 Å². The Kier molecular flexibility index (Phi) is 3.63. The molecule has 7 nitrogen and oxygen atoms in total. The molecule has 100 valence electrons. The summed E-state index contributed by atoms with van der Waals surface area (Å²) in [5, 5.41) is 13.5. The maximum Gasteiger partial charge on any atom is 0.391 e. The second kappa shape index (κ2) is 4.67.